The molecule has 288 valence electrons. The molecular formula is C41H44F6N2O4Si. The van der Waals surface area contributed by atoms with Crippen LogP contribution in [-0.2, 0) is 16.9 Å². The first kappa shape index (κ1) is 42.0. The number of rotatable bonds is 14. The predicted molar refractivity (Wildman–Crippen MR) is 200 cm³/mol. The van der Waals surface area contributed by atoms with Crippen molar-refractivity contribution in [1.82, 2.24) is 5.32 Å². The number of carbonyl (C=O) groups is 1. The summed E-state index contributed by atoms with van der Waals surface area (Å²) in [4.78, 5) is 26.6. The number of alkyl halides is 6. The van der Waals surface area contributed by atoms with Crippen molar-refractivity contribution >= 4 is 30.5 Å². The Kier molecular flexibility index (Phi) is 13.7. The van der Waals surface area contributed by atoms with Crippen molar-refractivity contribution in [2.75, 3.05) is 18.0 Å². The molecule has 1 amide bonds. The second-order valence-corrected chi connectivity index (χ2v) is 17.4. The third-order valence-corrected chi connectivity index (χ3v) is 14.1. The Hall–Kier alpha value is -4.77. The van der Waals surface area contributed by atoms with E-state index < -0.39 is 49.0 Å². The van der Waals surface area contributed by atoms with Gasteiger partial charge in [-0.3, -0.25) is 0 Å². The second kappa shape index (κ2) is 17.6. The van der Waals surface area contributed by atoms with Crippen LogP contribution >= 0.6 is 0 Å². The van der Waals surface area contributed by atoms with Crippen LogP contribution in [-0.4, -0.2) is 55.8 Å². The van der Waals surface area contributed by atoms with Gasteiger partial charge in [-0.1, -0.05) is 130 Å². The Morgan fingerprint density at radius 3 is 1.80 bits per heavy atom. The van der Waals surface area contributed by atoms with Gasteiger partial charge in [0, 0.05) is 30.8 Å². The average molecular weight is 771 g/mol. The summed E-state index contributed by atoms with van der Waals surface area (Å²) in [6.45, 7) is 5.94. The lowest BCUT2D eigenvalue weighted by Crippen LogP contribution is -2.65. The van der Waals surface area contributed by atoms with Crippen LogP contribution in [0.3, 0.4) is 0 Å². The van der Waals surface area contributed by atoms with Crippen molar-refractivity contribution in [2.45, 2.75) is 75.7 Å². The molecule has 13 heteroatoms. The van der Waals surface area contributed by atoms with Crippen LogP contribution in [0.1, 0.15) is 51.2 Å². The van der Waals surface area contributed by atoms with Crippen LogP contribution in [0.15, 0.2) is 115 Å². The molecule has 1 atom stereocenters. The number of amides is 1. The van der Waals surface area contributed by atoms with Gasteiger partial charge in [-0.2, -0.15) is 26.3 Å². The SMILES string of the molecule is CCC(C#CCCC(C)(C)[Si](O)(c1ccccc1)c1ccccc1)N(CCNC(=O)OCc1ccccc1)c1ccc(C(O)(C(F)(F)F)C(F)(F)F)cc1. The molecule has 0 saturated carbocycles. The van der Waals surface area contributed by atoms with Crippen molar-refractivity contribution < 1.29 is 45.8 Å². The molecule has 0 aromatic heterocycles. The number of anilines is 1. The van der Waals surface area contributed by atoms with E-state index in [-0.39, 0.29) is 25.4 Å². The summed E-state index contributed by atoms with van der Waals surface area (Å²) in [6, 6.07) is 30.8. The zero-order valence-corrected chi connectivity index (χ0v) is 31.2. The molecule has 0 fully saturated rings. The summed E-state index contributed by atoms with van der Waals surface area (Å²) in [5.41, 5.74) is -5.47. The summed E-state index contributed by atoms with van der Waals surface area (Å²) < 4.78 is 86.9. The molecule has 0 saturated heterocycles. The Morgan fingerprint density at radius 2 is 1.31 bits per heavy atom. The van der Waals surface area contributed by atoms with E-state index in [1.165, 1.54) is 0 Å². The molecule has 4 rings (SSSR count). The molecule has 0 aliphatic heterocycles. The average Bonchev–Trinajstić information content (AvgIpc) is 3.15. The number of hydrogen-bond acceptors (Lipinski definition) is 5. The summed E-state index contributed by atoms with van der Waals surface area (Å²) >= 11 is 0. The normalized spacial score (nSPS) is 13.0. The number of nitrogens with one attached hydrogen (secondary N) is 1. The molecule has 4 aromatic carbocycles. The fraction of sp³-hybridized carbons (Fsp3) is 0.341. The van der Waals surface area contributed by atoms with Crippen molar-refractivity contribution in [3.63, 3.8) is 0 Å². The van der Waals surface area contributed by atoms with Gasteiger partial charge in [0.2, 0.25) is 0 Å². The zero-order chi connectivity index (χ0) is 39.6. The van der Waals surface area contributed by atoms with E-state index >= 15 is 0 Å². The van der Waals surface area contributed by atoms with E-state index in [9.17, 15) is 41.0 Å². The molecule has 1 unspecified atom stereocenters. The monoisotopic (exact) mass is 770 g/mol. The molecule has 54 heavy (non-hydrogen) atoms. The summed E-state index contributed by atoms with van der Waals surface area (Å²) in [5.74, 6) is 6.41. The van der Waals surface area contributed by atoms with E-state index in [1.807, 2.05) is 87.5 Å². The molecule has 3 N–H and O–H groups in total. The Balaban J connectivity index is 1.58. The van der Waals surface area contributed by atoms with Crippen LogP contribution in [0.4, 0.5) is 36.8 Å². The number of hydrogen-bond donors (Lipinski definition) is 3. The maximum absolute atomic E-state index is 13.6. The van der Waals surface area contributed by atoms with Crippen LogP contribution in [0.2, 0.25) is 5.04 Å². The van der Waals surface area contributed by atoms with Gasteiger partial charge >= 0.3 is 18.4 Å². The number of alkyl carbamates (subject to hydrolysis) is 1. The number of benzene rings is 4. The second-order valence-electron chi connectivity index (χ2n) is 13.5. The number of halogens is 6. The lowest BCUT2D eigenvalue weighted by molar-refractivity contribution is -0.376. The van der Waals surface area contributed by atoms with Crippen LogP contribution in [0.5, 0.6) is 0 Å². The van der Waals surface area contributed by atoms with Crippen molar-refractivity contribution in [2.24, 2.45) is 0 Å². The smallest absolute Gasteiger partial charge is 0.430 e. The quantitative estimate of drug-likeness (QED) is 0.0693. The van der Waals surface area contributed by atoms with Crippen molar-refractivity contribution in [1.29, 1.82) is 0 Å². The highest BCUT2D eigenvalue weighted by atomic mass is 28.4. The van der Waals surface area contributed by atoms with Gasteiger partial charge in [0.15, 0.2) is 0 Å². The van der Waals surface area contributed by atoms with E-state index in [4.69, 9.17) is 4.74 Å². The molecule has 0 aliphatic carbocycles. The largest absolute Gasteiger partial charge is 0.445 e. The molecule has 4 aromatic rings. The summed E-state index contributed by atoms with van der Waals surface area (Å²) in [5, 5.41) is 13.7. The van der Waals surface area contributed by atoms with Gasteiger partial charge in [0.05, 0.1) is 6.04 Å². The minimum absolute atomic E-state index is 0.00239. The molecule has 0 radical (unpaired) electrons. The fourth-order valence-corrected chi connectivity index (χ4v) is 10.1. The molecule has 0 heterocycles. The van der Waals surface area contributed by atoms with Gasteiger partial charge in [-0.25, -0.2) is 4.79 Å². The van der Waals surface area contributed by atoms with E-state index in [0.717, 1.165) is 28.1 Å². The Morgan fingerprint density at radius 1 is 0.815 bits per heavy atom. The first-order chi connectivity index (χ1) is 25.5. The first-order valence-electron chi connectivity index (χ1n) is 17.4. The zero-order valence-electron chi connectivity index (χ0n) is 30.2. The van der Waals surface area contributed by atoms with Gasteiger partial charge < -0.3 is 24.9 Å². The lowest BCUT2D eigenvalue weighted by Gasteiger charge is -2.41. The minimum Gasteiger partial charge on any atom is -0.445 e. The molecular weight excluding hydrogens is 727 g/mol. The predicted octanol–water partition coefficient (Wildman–Crippen LogP) is 7.83. The van der Waals surface area contributed by atoms with E-state index in [2.05, 4.69) is 17.2 Å². The van der Waals surface area contributed by atoms with Gasteiger partial charge in [-0.15, -0.1) is 5.92 Å². The number of aliphatic hydroxyl groups is 1. The first-order valence-corrected chi connectivity index (χ1v) is 19.4. The molecule has 0 bridgehead atoms. The molecule has 6 nitrogen and oxygen atoms in total. The fourth-order valence-electron chi connectivity index (χ4n) is 6.35. The molecule has 0 aliphatic rings. The maximum Gasteiger partial charge on any atom is 0.430 e. The van der Waals surface area contributed by atoms with Gasteiger partial charge in [0.1, 0.15) is 6.61 Å². The Labute approximate surface area is 312 Å². The number of carbonyl (C=O) groups excluding carboxylic acids is 1. The standard InChI is InChI=1S/C41H44F6N2O4Si/c1-4-33(18-14-15-27-38(2,3)54(52,35-19-10-6-11-20-35)36-21-12-7-13-22-36)49(29-28-48-37(50)53-30-31-16-8-5-9-17-31)34-25-23-32(24-26-34)39(51,40(42,43)44)41(45,46)47/h5-13,16-17,19-26,33,51-52H,4,15,27-30H2,1-3H3,(H,48,50). The topological polar surface area (TPSA) is 82.0 Å². The highest BCUT2D eigenvalue weighted by Gasteiger charge is 2.71. The van der Waals surface area contributed by atoms with Crippen molar-refractivity contribution in [3.05, 3.63) is 126 Å². The van der Waals surface area contributed by atoms with Crippen LogP contribution in [0.25, 0.3) is 0 Å². The third-order valence-electron chi connectivity index (χ3n) is 9.54. The van der Waals surface area contributed by atoms with Crippen molar-refractivity contribution in [3.8, 4) is 11.8 Å². The maximum atomic E-state index is 13.6. The minimum atomic E-state index is -6.03. The van der Waals surface area contributed by atoms with E-state index in [0.29, 0.717) is 31.4 Å². The molecule has 0 spiro atoms. The van der Waals surface area contributed by atoms with Gasteiger partial charge in [0.25, 0.3) is 13.9 Å². The van der Waals surface area contributed by atoms with Crippen LogP contribution < -0.4 is 20.6 Å². The summed E-state index contributed by atoms with van der Waals surface area (Å²) in [6.07, 6.45) is -11.5. The lowest BCUT2D eigenvalue weighted by atomic mass is 9.92. The number of nitrogens with zero attached hydrogens (tertiary/aromatic N) is 1. The highest BCUT2D eigenvalue weighted by Crippen LogP contribution is 2.50. The van der Waals surface area contributed by atoms with Gasteiger partial charge in [-0.05, 0) is 45.9 Å². The van der Waals surface area contributed by atoms with E-state index in [1.54, 1.807) is 29.2 Å². The third kappa shape index (κ3) is 9.47. The Bertz CT molecular complexity index is 1790. The van der Waals surface area contributed by atoms with Crippen LogP contribution in [0, 0.1) is 11.8 Å². The highest BCUT2D eigenvalue weighted by molar-refractivity contribution is 6.98. The number of ether oxygens (including phenoxy) is 1. The summed E-state index contributed by atoms with van der Waals surface area (Å²) in [7, 11) is -3.31.